The molecule has 18 heavy (non-hydrogen) atoms. The minimum absolute atomic E-state index is 0.228. The highest BCUT2D eigenvalue weighted by molar-refractivity contribution is 8.15. The van der Waals surface area contributed by atoms with Crippen LogP contribution in [0.1, 0.15) is 5.56 Å². The SMILES string of the molecule is Cc1ccccc1N[C@@H]1SC(=O)N(CCCl)C1=O. The Balaban J connectivity index is 2.10. The first kappa shape index (κ1) is 13.2. The van der Waals surface area contributed by atoms with E-state index in [1.54, 1.807) is 0 Å². The zero-order valence-corrected chi connectivity index (χ0v) is 11.4. The third-order valence-corrected chi connectivity index (χ3v) is 3.82. The van der Waals surface area contributed by atoms with Gasteiger partial charge >= 0.3 is 0 Å². The van der Waals surface area contributed by atoms with Crippen LogP contribution in [0, 0.1) is 6.92 Å². The number of halogens is 1. The van der Waals surface area contributed by atoms with E-state index in [1.807, 2.05) is 31.2 Å². The summed E-state index contributed by atoms with van der Waals surface area (Å²) in [6, 6.07) is 7.65. The van der Waals surface area contributed by atoms with E-state index in [0.29, 0.717) is 0 Å². The van der Waals surface area contributed by atoms with Crippen LogP contribution in [0.15, 0.2) is 24.3 Å². The predicted octanol–water partition coefficient (Wildman–Crippen LogP) is 2.67. The molecule has 1 atom stereocenters. The van der Waals surface area contributed by atoms with Crippen LogP contribution in [-0.2, 0) is 4.79 Å². The van der Waals surface area contributed by atoms with E-state index >= 15 is 0 Å². The highest BCUT2D eigenvalue weighted by Crippen LogP contribution is 2.28. The minimum Gasteiger partial charge on any atom is -0.365 e. The number of thioether (sulfide) groups is 1. The molecule has 1 heterocycles. The zero-order valence-electron chi connectivity index (χ0n) is 9.85. The van der Waals surface area contributed by atoms with Gasteiger partial charge in [0.25, 0.3) is 11.1 Å². The number of amides is 2. The average molecular weight is 285 g/mol. The number of carbonyl (C=O) groups excluding carboxylic acids is 2. The maximum absolute atomic E-state index is 12.0. The fourth-order valence-corrected chi connectivity index (χ4v) is 2.79. The number of carbonyl (C=O) groups is 2. The molecule has 1 aromatic carbocycles. The lowest BCUT2D eigenvalue weighted by Crippen LogP contribution is -2.35. The van der Waals surface area contributed by atoms with Crippen LogP contribution in [-0.4, -0.2) is 33.8 Å². The third-order valence-electron chi connectivity index (χ3n) is 2.67. The number of hydrogen-bond acceptors (Lipinski definition) is 4. The van der Waals surface area contributed by atoms with Gasteiger partial charge in [0.15, 0.2) is 5.37 Å². The van der Waals surface area contributed by atoms with Crippen molar-refractivity contribution in [2.45, 2.75) is 12.3 Å². The lowest BCUT2D eigenvalue weighted by molar-refractivity contribution is -0.126. The number of nitrogens with one attached hydrogen (secondary N) is 1. The summed E-state index contributed by atoms with van der Waals surface area (Å²) in [5.74, 6) is 0.0312. The lowest BCUT2D eigenvalue weighted by Gasteiger charge is -2.14. The Kier molecular flexibility index (Phi) is 4.14. The molecule has 0 aromatic heterocycles. The van der Waals surface area contributed by atoms with Crippen LogP contribution in [0.2, 0.25) is 0 Å². The summed E-state index contributed by atoms with van der Waals surface area (Å²) in [5.41, 5.74) is 1.90. The predicted molar refractivity (Wildman–Crippen MR) is 74.0 cm³/mol. The maximum Gasteiger partial charge on any atom is 0.290 e. The second kappa shape index (κ2) is 5.63. The molecule has 0 unspecified atom stereocenters. The third kappa shape index (κ3) is 2.62. The van der Waals surface area contributed by atoms with Gasteiger partial charge in [-0.05, 0) is 30.3 Å². The fourth-order valence-electron chi connectivity index (χ4n) is 1.70. The summed E-state index contributed by atoms with van der Waals surface area (Å²) < 4.78 is 0. The highest BCUT2D eigenvalue weighted by atomic mass is 35.5. The summed E-state index contributed by atoms with van der Waals surface area (Å²) in [7, 11) is 0. The van der Waals surface area contributed by atoms with Crippen molar-refractivity contribution >= 4 is 40.2 Å². The first-order valence-corrected chi connectivity index (χ1v) is 6.95. The molecule has 0 bridgehead atoms. The van der Waals surface area contributed by atoms with E-state index in [0.717, 1.165) is 23.0 Å². The van der Waals surface area contributed by atoms with Gasteiger partial charge in [0.05, 0.1) is 0 Å². The van der Waals surface area contributed by atoms with Crippen molar-refractivity contribution in [3.05, 3.63) is 29.8 Å². The molecule has 1 saturated heterocycles. The topological polar surface area (TPSA) is 49.4 Å². The van der Waals surface area contributed by atoms with Gasteiger partial charge in [-0.25, -0.2) is 0 Å². The second-order valence-electron chi connectivity index (χ2n) is 3.90. The van der Waals surface area contributed by atoms with Gasteiger partial charge in [-0.1, -0.05) is 18.2 Å². The highest BCUT2D eigenvalue weighted by Gasteiger charge is 2.39. The largest absolute Gasteiger partial charge is 0.365 e. The smallest absolute Gasteiger partial charge is 0.290 e. The van der Waals surface area contributed by atoms with Crippen LogP contribution in [0.5, 0.6) is 0 Å². The van der Waals surface area contributed by atoms with E-state index < -0.39 is 5.37 Å². The average Bonchev–Trinajstić information content (AvgIpc) is 2.60. The van der Waals surface area contributed by atoms with Gasteiger partial charge in [-0.3, -0.25) is 14.5 Å². The summed E-state index contributed by atoms with van der Waals surface area (Å²) in [4.78, 5) is 24.8. The van der Waals surface area contributed by atoms with Crippen LogP contribution < -0.4 is 5.32 Å². The Hall–Kier alpha value is -1.20. The van der Waals surface area contributed by atoms with Crippen molar-refractivity contribution in [3.8, 4) is 0 Å². The lowest BCUT2D eigenvalue weighted by atomic mass is 10.2. The summed E-state index contributed by atoms with van der Waals surface area (Å²) >= 11 is 6.56. The number of imide groups is 1. The molecule has 1 fully saturated rings. The summed E-state index contributed by atoms with van der Waals surface area (Å²) in [5, 5.41) is 2.29. The zero-order chi connectivity index (χ0) is 13.1. The molecule has 1 N–H and O–H groups in total. The molecular weight excluding hydrogens is 272 g/mol. The number of anilines is 1. The van der Waals surface area contributed by atoms with Gasteiger partial charge < -0.3 is 5.32 Å². The molecule has 4 nitrogen and oxygen atoms in total. The van der Waals surface area contributed by atoms with Gasteiger partial charge in [0, 0.05) is 18.1 Å². The summed E-state index contributed by atoms with van der Waals surface area (Å²) in [6.07, 6.45) is 0. The monoisotopic (exact) mass is 284 g/mol. The quantitative estimate of drug-likeness (QED) is 0.864. The van der Waals surface area contributed by atoms with E-state index in [4.69, 9.17) is 11.6 Å². The number of rotatable bonds is 4. The van der Waals surface area contributed by atoms with Gasteiger partial charge in [0.2, 0.25) is 0 Å². The molecule has 6 heteroatoms. The number of aryl methyl sites for hydroxylation is 1. The number of alkyl halides is 1. The van der Waals surface area contributed by atoms with E-state index in [-0.39, 0.29) is 23.6 Å². The Labute approximate surface area is 115 Å². The van der Waals surface area contributed by atoms with Gasteiger partial charge in [-0.2, -0.15) is 0 Å². The molecule has 96 valence electrons. The molecule has 0 radical (unpaired) electrons. The molecule has 1 aliphatic rings. The molecule has 1 aromatic rings. The second-order valence-corrected chi connectivity index (χ2v) is 5.34. The number of para-hydroxylation sites is 1. The Morgan fingerprint density at radius 2 is 2.11 bits per heavy atom. The van der Waals surface area contributed by atoms with Crippen molar-refractivity contribution in [1.82, 2.24) is 4.90 Å². The van der Waals surface area contributed by atoms with Crippen LogP contribution >= 0.6 is 23.4 Å². The van der Waals surface area contributed by atoms with Gasteiger partial charge in [-0.15, -0.1) is 11.6 Å². The Morgan fingerprint density at radius 1 is 1.39 bits per heavy atom. The molecule has 0 spiro atoms. The fraction of sp³-hybridized carbons (Fsp3) is 0.333. The van der Waals surface area contributed by atoms with Crippen molar-refractivity contribution in [3.63, 3.8) is 0 Å². The molecule has 1 aliphatic heterocycles. The number of hydrogen-bond donors (Lipinski definition) is 1. The van der Waals surface area contributed by atoms with Crippen LogP contribution in [0.4, 0.5) is 10.5 Å². The van der Waals surface area contributed by atoms with Gasteiger partial charge in [0.1, 0.15) is 0 Å². The Morgan fingerprint density at radius 3 is 2.78 bits per heavy atom. The van der Waals surface area contributed by atoms with Crippen molar-refractivity contribution in [2.24, 2.45) is 0 Å². The van der Waals surface area contributed by atoms with Crippen LogP contribution in [0.3, 0.4) is 0 Å². The van der Waals surface area contributed by atoms with E-state index in [9.17, 15) is 9.59 Å². The number of benzene rings is 1. The summed E-state index contributed by atoms with van der Waals surface area (Å²) in [6.45, 7) is 2.21. The molecule has 0 saturated carbocycles. The molecule has 2 amide bonds. The van der Waals surface area contributed by atoms with Crippen molar-refractivity contribution < 1.29 is 9.59 Å². The van der Waals surface area contributed by atoms with Crippen LogP contribution in [0.25, 0.3) is 0 Å². The molecule has 2 rings (SSSR count). The molecule has 0 aliphatic carbocycles. The Bertz CT molecular complexity index is 481. The van der Waals surface area contributed by atoms with Crippen molar-refractivity contribution in [2.75, 3.05) is 17.7 Å². The minimum atomic E-state index is -0.554. The first-order chi connectivity index (χ1) is 8.63. The van der Waals surface area contributed by atoms with E-state index in [1.165, 1.54) is 4.90 Å². The maximum atomic E-state index is 12.0. The standard InChI is InChI=1S/C12H13ClN2O2S/c1-8-4-2-3-5-9(8)14-10-11(16)15(7-6-13)12(17)18-10/h2-5,10,14H,6-7H2,1H3/t10-/m1/s1. The van der Waals surface area contributed by atoms with Crippen molar-refractivity contribution in [1.29, 1.82) is 0 Å². The molecular formula is C12H13ClN2O2S. The number of nitrogens with zero attached hydrogens (tertiary/aromatic N) is 1. The van der Waals surface area contributed by atoms with E-state index in [2.05, 4.69) is 5.32 Å². The first-order valence-electron chi connectivity index (χ1n) is 5.53. The normalized spacial score (nSPS) is 19.4.